The number of methoxy groups -OCH3 is 1. The molecule has 0 fully saturated rings. The first-order chi connectivity index (χ1) is 15.5. The van der Waals surface area contributed by atoms with E-state index in [1.165, 1.54) is 16.7 Å². The quantitative estimate of drug-likeness (QED) is 0.543. The summed E-state index contributed by atoms with van der Waals surface area (Å²) in [6.45, 7) is 10.5. The van der Waals surface area contributed by atoms with Crippen LogP contribution in [0.4, 0.5) is 0 Å². The Labute approximate surface area is 193 Å². The summed E-state index contributed by atoms with van der Waals surface area (Å²) >= 11 is 0. The van der Waals surface area contributed by atoms with Crippen molar-refractivity contribution < 1.29 is 14.2 Å². The highest BCUT2D eigenvalue weighted by molar-refractivity contribution is 5.49. The summed E-state index contributed by atoms with van der Waals surface area (Å²) in [5, 5.41) is 3.66. The van der Waals surface area contributed by atoms with E-state index in [2.05, 4.69) is 73.4 Å². The fourth-order valence-corrected chi connectivity index (χ4v) is 4.08. The average molecular weight is 442 g/mol. The van der Waals surface area contributed by atoms with Gasteiger partial charge in [-0.15, -0.1) is 0 Å². The first kappa shape index (κ1) is 24.4. The van der Waals surface area contributed by atoms with Crippen LogP contribution in [0.2, 0.25) is 0 Å². The molecule has 0 aliphatic carbocycles. The summed E-state index contributed by atoms with van der Waals surface area (Å²) in [6, 6.07) is 12.9. The van der Waals surface area contributed by atoms with E-state index in [1.807, 2.05) is 6.07 Å². The third-order valence-corrected chi connectivity index (χ3v) is 6.06. The lowest BCUT2D eigenvalue weighted by atomic mass is 9.89. The minimum atomic E-state index is 0.133. The van der Waals surface area contributed by atoms with Crippen LogP contribution in [-0.2, 0) is 6.42 Å². The second kappa shape index (κ2) is 12.1. The highest BCUT2D eigenvalue weighted by Gasteiger charge is 2.23. The molecule has 0 amide bonds. The molecule has 0 saturated carbocycles. The molecule has 1 heterocycles. The second-order valence-electron chi connectivity index (χ2n) is 8.44. The first-order valence-electron chi connectivity index (χ1n) is 11.7. The highest BCUT2D eigenvalue weighted by Crippen LogP contribution is 2.36. The predicted molar refractivity (Wildman–Crippen MR) is 130 cm³/mol. The summed E-state index contributed by atoms with van der Waals surface area (Å²) in [7, 11) is 5.82. The molecule has 1 atom stereocenters. The topological polar surface area (TPSA) is 46.2 Å². The first-order valence-corrected chi connectivity index (χ1v) is 11.7. The van der Waals surface area contributed by atoms with Crippen molar-refractivity contribution in [2.24, 2.45) is 0 Å². The van der Waals surface area contributed by atoms with Gasteiger partial charge in [-0.25, -0.2) is 0 Å². The van der Waals surface area contributed by atoms with Gasteiger partial charge in [0.25, 0.3) is 0 Å². The largest absolute Gasteiger partial charge is 0.493 e. The van der Waals surface area contributed by atoms with Crippen LogP contribution < -0.4 is 19.5 Å². The van der Waals surface area contributed by atoms with Gasteiger partial charge in [0.1, 0.15) is 19.0 Å². The van der Waals surface area contributed by atoms with Gasteiger partial charge in [-0.2, -0.15) is 0 Å². The summed E-state index contributed by atoms with van der Waals surface area (Å²) in [5.74, 6) is 2.52. The van der Waals surface area contributed by atoms with Crippen molar-refractivity contribution in [1.82, 2.24) is 15.1 Å². The molecule has 2 aromatic carbocycles. The molecule has 0 radical (unpaired) electrons. The van der Waals surface area contributed by atoms with Crippen LogP contribution >= 0.6 is 0 Å². The van der Waals surface area contributed by atoms with Crippen LogP contribution in [0.5, 0.6) is 17.2 Å². The number of rotatable bonds is 12. The van der Waals surface area contributed by atoms with E-state index < -0.39 is 0 Å². The molecule has 0 bridgehead atoms. The molecule has 6 nitrogen and oxygen atoms in total. The third-order valence-electron chi connectivity index (χ3n) is 6.06. The molecular formula is C26H39N3O3. The van der Waals surface area contributed by atoms with E-state index in [-0.39, 0.29) is 6.04 Å². The van der Waals surface area contributed by atoms with Gasteiger partial charge in [0.2, 0.25) is 0 Å². The van der Waals surface area contributed by atoms with Gasteiger partial charge in [0, 0.05) is 19.6 Å². The number of nitrogens with zero attached hydrogens (tertiary/aromatic N) is 2. The Morgan fingerprint density at radius 1 is 0.938 bits per heavy atom. The Morgan fingerprint density at radius 3 is 2.44 bits per heavy atom. The maximum atomic E-state index is 6.04. The summed E-state index contributed by atoms with van der Waals surface area (Å²) in [4.78, 5) is 4.48. The van der Waals surface area contributed by atoms with Gasteiger partial charge >= 0.3 is 0 Å². The van der Waals surface area contributed by atoms with E-state index in [0.717, 1.165) is 56.4 Å². The number of fused-ring (bicyclic) bond motifs is 1. The van der Waals surface area contributed by atoms with Gasteiger partial charge in [0.15, 0.2) is 11.5 Å². The molecule has 3 rings (SSSR count). The molecular weight excluding hydrogens is 402 g/mol. The Bertz CT molecular complexity index is 852. The maximum Gasteiger partial charge on any atom is 0.161 e. The van der Waals surface area contributed by atoms with Gasteiger partial charge in [-0.3, -0.25) is 0 Å². The number of ether oxygens (including phenoxy) is 3. The minimum absolute atomic E-state index is 0.133. The average Bonchev–Trinajstić information content (AvgIpc) is 2.81. The van der Waals surface area contributed by atoms with E-state index in [9.17, 15) is 0 Å². The summed E-state index contributed by atoms with van der Waals surface area (Å²) in [6.07, 6.45) is 1.00. The van der Waals surface area contributed by atoms with E-state index >= 15 is 0 Å². The van der Waals surface area contributed by atoms with Crippen LogP contribution in [0.3, 0.4) is 0 Å². The molecule has 176 valence electrons. The molecule has 1 N–H and O–H groups in total. The number of hydrogen-bond donors (Lipinski definition) is 1. The Morgan fingerprint density at radius 2 is 1.72 bits per heavy atom. The lowest BCUT2D eigenvalue weighted by Crippen LogP contribution is -2.30. The Kier molecular flexibility index (Phi) is 9.21. The van der Waals surface area contributed by atoms with Crippen LogP contribution in [-0.4, -0.2) is 76.9 Å². The van der Waals surface area contributed by atoms with Gasteiger partial charge < -0.3 is 29.3 Å². The van der Waals surface area contributed by atoms with E-state index in [0.29, 0.717) is 13.2 Å². The van der Waals surface area contributed by atoms with Crippen molar-refractivity contribution in [2.45, 2.75) is 26.3 Å². The van der Waals surface area contributed by atoms with Gasteiger partial charge in [0.05, 0.1) is 13.2 Å². The standard InChI is InChI=1S/C26H39N3O3/c1-6-29(7-2)15-17-32-24-11-8-21(19-25(24)30-5)26-23-10-9-22(31-16-14-28(3)4)18-20(23)12-13-27-26/h8-11,18-19,26-27H,6-7,12-17H2,1-5H3. The normalized spacial score (nSPS) is 15.7. The zero-order chi connectivity index (χ0) is 22.9. The van der Waals surface area contributed by atoms with Crippen LogP contribution in [0.15, 0.2) is 36.4 Å². The molecule has 1 unspecified atom stereocenters. The Hall–Kier alpha value is -2.28. The zero-order valence-electron chi connectivity index (χ0n) is 20.3. The van der Waals surface area contributed by atoms with Gasteiger partial charge in [-0.05, 0) is 74.6 Å². The molecule has 2 aromatic rings. The molecule has 0 spiro atoms. The maximum absolute atomic E-state index is 6.04. The lowest BCUT2D eigenvalue weighted by Gasteiger charge is -2.28. The van der Waals surface area contributed by atoms with Crippen molar-refractivity contribution >= 4 is 0 Å². The lowest BCUT2D eigenvalue weighted by molar-refractivity contribution is 0.217. The smallest absolute Gasteiger partial charge is 0.161 e. The molecule has 0 aromatic heterocycles. The number of benzene rings is 2. The van der Waals surface area contributed by atoms with Crippen LogP contribution in [0.1, 0.15) is 36.6 Å². The Balaban J connectivity index is 1.71. The molecule has 0 saturated heterocycles. The fraction of sp³-hybridized carbons (Fsp3) is 0.538. The van der Waals surface area contributed by atoms with Crippen molar-refractivity contribution in [2.75, 3.05) is 67.1 Å². The monoisotopic (exact) mass is 441 g/mol. The minimum Gasteiger partial charge on any atom is -0.493 e. The molecule has 32 heavy (non-hydrogen) atoms. The van der Waals surface area contributed by atoms with Gasteiger partial charge in [-0.1, -0.05) is 26.0 Å². The number of nitrogens with one attached hydrogen (secondary N) is 1. The second-order valence-corrected chi connectivity index (χ2v) is 8.44. The third kappa shape index (κ3) is 6.37. The SMILES string of the molecule is CCN(CC)CCOc1ccc(C2NCCc3cc(OCCN(C)C)ccc32)cc1OC. The van der Waals surface area contributed by atoms with Crippen LogP contribution in [0, 0.1) is 0 Å². The molecule has 1 aliphatic heterocycles. The molecule has 1 aliphatic rings. The number of likely N-dealkylation sites (N-methyl/N-ethyl adjacent to an activating group) is 2. The van der Waals surface area contributed by atoms with Crippen LogP contribution in [0.25, 0.3) is 0 Å². The zero-order valence-corrected chi connectivity index (χ0v) is 20.3. The summed E-state index contributed by atoms with van der Waals surface area (Å²) < 4.78 is 17.6. The van der Waals surface area contributed by atoms with Crippen molar-refractivity contribution in [1.29, 1.82) is 0 Å². The molecule has 6 heteroatoms. The predicted octanol–water partition coefficient (Wildman–Crippen LogP) is 3.59. The van der Waals surface area contributed by atoms with E-state index in [1.54, 1.807) is 7.11 Å². The van der Waals surface area contributed by atoms with Crippen molar-refractivity contribution in [3.8, 4) is 17.2 Å². The van der Waals surface area contributed by atoms with Crippen molar-refractivity contribution in [3.05, 3.63) is 53.1 Å². The van der Waals surface area contributed by atoms with E-state index in [4.69, 9.17) is 14.2 Å². The van der Waals surface area contributed by atoms with Crippen molar-refractivity contribution in [3.63, 3.8) is 0 Å². The number of hydrogen-bond acceptors (Lipinski definition) is 6. The fourth-order valence-electron chi connectivity index (χ4n) is 4.08. The highest BCUT2D eigenvalue weighted by atomic mass is 16.5. The summed E-state index contributed by atoms with van der Waals surface area (Å²) in [5.41, 5.74) is 3.82.